The lowest BCUT2D eigenvalue weighted by atomic mass is 9.94. The van der Waals surface area contributed by atoms with Crippen molar-refractivity contribution in [2.75, 3.05) is 25.0 Å². The van der Waals surface area contributed by atoms with Crippen LogP contribution in [-0.4, -0.2) is 26.2 Å². The Morgan fingerprint density at radius 1 is 1.15 bits per heavy atom. The van der Waals surface area contributed by atoms with Crippen LogP contribution in [0.2, 0.25) is 0 Å². The summed E-state index contributed by atoms with van der Waals surface area (Å²) in [5.41, 5.74) is 10.8. The highest BCUT2D eigenvalue weighted by Gasteiger charge is 2.23. The van der Waals surface area contributed by atoms with E-state index in [0.717, 1.165) is 38.4 Å². The molecule has 0 spiro atoms. The Morgan fingerprint density at radius 2 is 1.89 bits per heavy atom. The second-order valence-corrected chi connectivity index (χ2v) is 7.49. The Bertz CT molecular complexity index is 758. The summed E-state index contributed by atoms with van der Waals surface area (Å²) in [7, 11) is 2.13. The molecule has 2 atom stereocenters. The minimum atomic E-state index is -0.551. The second-order valence-electron chi connectivity index (χ2n) is 7.49. The summed E-state index contributed by atoms with van der Waals surface area (Å²) in [6.45, 7) is 3.97. The smallest absolute Gasteiger partial charge is 0.126 e. The van der Waals surface area contributed by atoms with Crippen molar-refractivity contribution >= 4 is 5.69 Å². The van der Waals surface area contributed by atoms with E-state index in [-0.39, 0.29) is 6.04 Å². The fourth-order valence-corrected chi connectivity index (χ4v) is 3.84. The highest BCUT2D eigenvalue weighted by molar-refractivity contribution is 5.57. The fourth-order valence-electron chi connectivity index (χ4n) is 3.84. The van der Waals surface area contributed by atoms with E-state index in [1.807, 2.05) is 0 Å². The van der Waals surface area contributed by atoms with Crippen molar-refractivity contribution in [3.63, 3.8) is 0 Å². The van der Waals surface area contributed by atoms with Crippen LogP contribution in [-0.2, 0) is 12.8 Å². The highest BCUT2D eigenvalue weighted by atomic mass is 19.1. The zero-order valence-electron chi connectivity index (χ0n) is 16.1. The van der Waals surface area contributed by atoms with Gasteiger partial charge in [0.15, 0.2) is 0 Å². The first-order valence-electron chi connectivity index (χ1n) is 9.74. The summed E-state index contributed by atoms with van der Waals surface area (Å²) >= 11 is 0. The van der Waals surface area contributed by atoms with Crippen molar-refractivity contribution in [3.8, 4) is 0 Å². The predicted molar refractivity (Wildman–Crippen MR) is 107 cm³/mol. The van der Waals surface area contributed by atoms with Gasteiger partial charge in [-0.3, -0.25) is 0 Å². The Labute approximate surface area is 160 Å². The molecule has 2 aromatic rings. The second kappa shape index (κ2) is 8.81. The van der Waals surface area contributed by atoms with Crippen LogP contribution in [0.15, 0.2) is 36.4 Å². The minimum Gasteiger partial charge on any atom is -0.374 e. The molecule has 0 saturated heterocycles. The van der Waals surface area contributed by atoms with E-state index in [9.17, 15) is 8.78 Å². The van der Waals surface area contributed by atoms with E-state index in [1.54, 1.807) is 0 Å². The molecule has 1 heterocycles. The summed E-state index contributed by atoms with van der Waals surface area (Å²) in [6.07, 6.45) is 3.31. The first kappa shape index (κ1) is 19.8. The lowest BCUT2D eigenvalue weighted by Crippen LogP contribution is -2.36. The summed E-state index contributed by atoms with van der Waals surface area (Å²) in [5.74, 6) is -1.10. The van der Waals surface area contributed by atoms with Crippen LogP contribution in [0.4, 0.5) is 14.5 Å². The SMILES string of the molecule is CCc1ccc2c(c1)C(NCC[C@@H](N)Cc1cc(F)cc(F)c1)CCN2C. The lowest BCUT2D eigenvalue weighted by Gasteiger charge is -2.34. The van der Waals surface area contributed by atoms with Gasteiger partial charge in [-0.15, -0.1) is 0 Å². The molecular weight excluding hydrogens is 344 g/mol. The van der Waals surface area contributed by atoms with Crippen LogP contribution in [0, 0.1) is 11.6 Å². The number of nitrogens with zero attached hydrogens (tertiary/aromatic N) is 1. The molecule has 27 heavy (non-hydrogen) atoms. The molecule has 0 aliphatic carbocycles. The Hall–Kier alpha value is -1.98. The van der Waals surface area contributed by atoms with Gasteiger partial charge >= 0.3 is 0 Å². The number of aryl methyl sites for hydroxylation is 1. The van der Waals surface area contributed by atoms with Gasteiger partial charge in [0, 0.05) is 37.4 Å². The molecule has 0 bridgehead atoms. The zero-order valence-corrected chi connectivity index (χ0v) is 16.1. The van der Waals surface area contributed by atoms with Gasteiger partial charge in [-0.2, -0.15) is 0 Å². The summed E-state index contributed by atoms with van der Waals surface area (Å²) in [4.78, 5) is 2.30. The number of halogens is 2. The predicted octanol–water partition coefficient (Wildman–Crippen LogP) is 3.96. The van der Waals surface area contributed by atoms with Gasteiger partial charge in [0.25, 0.3) is 0 Å². The molecule has 2 aromatic carbocycles. The number of benzene rings is 2. The van der Waals surface area contributed by atoms with Crippen molar-refractivity contribution in [2.45, 2.75) is 44.7 Å². The molecule has 0 radical (unpaired) electrons. The van der Waals surface area contributed by atoms with Crippen molar-refractivity contribution in [1.82, 2.24) is 5.32 Å². The number of nitrogens with two attached hydrogens (primary N) is 1. The average Bonchev–Trinajstić information content (AvgIpc) is 2.62. The molecule has 3 rings (SSSR count). The van der Waals surface area contributed by atoms with Gasteiger partial charge in [-0.25, -0.2) is 8.78 Å². The monoisotopic (exact) mass is 373 g/mol. The van der Waals surface area contributed by atoms with E-state index in [4.69, 9.17) is 5.73 Å². The average molecular weight is 373 g/mol. The normalized spacial score (nSPS) is 17.7. The lowest BCUT2D eigenvalue weighted by molar-refractivity contribution is 0.459. The van der Waals surface area contributed by atoms with E-state index >= 15 is 0 Å². The molecule has 1 unspecified atom stereocenters. The van der Waals surface area contributed by atoms with Crippen LogP contribution in [0.25, 0.3) is 0 Å². The molecule has 3 N–H and O–H groups in total. The van der Waals surface area contributed by atoms with Gasteiger partial charge in [0.2, 0.25) is 0 Å². The maximum absolute atomic E-state index is 13.3. The van der Waals surface area contributed by atoms with Gasteiger partial charge in [0.1, 0.15) is 11.6 Å². The van der Waals surface area contributed by atoms with Crippen LogP contribution in [0.5, 0.6) is 0 Å². The van der Waals surface area contributed by atoms with Crippen molar-refractivity contribution in [1.29, 1.82) is 0 Å². The third-order valence-electron chi connectivity index (χ3n) is 5.37. The van der Waals surface area contributed by atoms with Gasteiger partial charge in [0.05, 0.1) is 0 Å². The number of hydrogen-bond acceptors (Lipinski definition) is 3. The summed E-state index contributed by atoms with van der Waals surface area (Å²) in [5, 5.41) is 3.63. The third-order valence-corrected chi connectivity index (χ3v) is 5.37. The summed E-state index contributed by atoms with van der Waals surface area (Å²) < 4.78 is 26.6. The minimum absolute atomic E-state index is 0.133. The molecule has 1 aliphatic rings. The molecule has 0 aromatic heterocycles. The molecule has 0 saturated carbocycles. The van der Waals surface area contributed by atoms with Crippen LogP contribution in [0.1, 0.15) is 42.5 Å². The topological polar surface area (TPSA) is 41.3 Å². The summed E-state index contributed by atoms with van der Waals surface area (Å²) in [6, 6.07) is 10.5. The first-order valence-corrected chi connectivity index (χ1v) is 9.74. The van der Waals surface area contributed by atoms with E-state index < -0.39 is 11.6 Å². The number of nitrogens with one attached hydrogen (secondary N) is 1. The molecule has 0 amide bonds. The third kappa shape index (κ3) is 5.05. The fraction of sp³-hybridized carbons (Fsp3) is 0.455. The number of rotatable bonds is 7. The zero-order chi connectivity index (χ0) is 19.4. The van der Waals surface area contributed by atoms with Gasteiger partial charge in [-0.05, 0) is 67.1 Å². The molecule has 146 valence electrons. The highest BCUT2D eigenvalue weighted by Crippen LogP contribution is 2.33. The Morgan fingerprint density at radius 3 is 2.59 bits per heavy atom. The van der Waals surface area contributed by atoms with Crippen LogP contribution < -0.4 is 16.0 Å². The quantitative estimate of drug-likeness (QED) is 0.772. The number of hydrogen-bond donors (Lipinski definition) is 2. The Balaban J connectivity index is 1.57. The van der Waals surface area contributed by atoms with Crippen molar-refractivity contribution in [3.05, 3.63) is 64.7 Å². The van der Waals surface area contributed by atoms with Crippen molar-refractivity contribution < 1.29 is 8.78 Å². The van der Waals surface area contributed by atoms with E-state index in [1.165, 1.54) is 28.9 Å². The standard InChI is InChI=1S/C22H29F2N3/c1-3-15-4-5-22-20(13-15)21(7-9-27(22)2)26-8-6-19(25)12-16-10-17(23)14-18(24)11-16/h4-5,10-11,13-14,19,21,26H,3,6-9,12,25H2,1-2H3/t19-,21?/m1/s1. The van der Waals surface area contributed by atoms with Crippen molar-refractivity contribution in [2.24, 2.45) is 5.73 Å². The molecule has 3 nitrogen and oxygen atoms in total. The maximum Gasteiger partial charge on any atom is 0.126 e. The number of fused-ring (bicyclic) bond motifs is 1. The van der Waals surface area contributed by atoms with Gasteiger partial charge < -0.3 is 16.0 Å². The Kier molecular flexibility index (Phi) is 6.45. The molecule has 1 aliphatic heterocycles. The molecular formula is C22H29F2N3. The largest absolute Gasteiger partial charge is 0.374 e. The van der Waals surface area contributed by atoms with Crippen LogP contribution in [0.3, 0.4) is 0 Å². The molecule has 0 fully saturated rings. The van der Waals surface area contributed by atoms with E-state index in [2.05, 4.69) is 42.4 Å². The number of anilines is 1. The van der Waals surface area contributed by atoms with Gasteiger partial charge in [-0.1, -0.05) is 19.1 Å². The molecule has 5 heteroatoms. The van der Waals surface area contributed by atoms with Crippen LogP contribution >= 0.6 is 0 Å². The first-order chi connectivity index (χ1) is 13.0. The van der Waals surface area contributed by atoms with E-state index in [0.29, 0.717) is 18.0 Å². The maximum atomic E-state index is 13.3.